The van der Waals surface area contributed by atoms with Crippen LogP contribution in [-0.4, -0.2) is 35.7 Å². The Morgan fingerprint density at radius 1 is 1.43 bits per heavy atom. The summed E-state index contributed by atoms with van der Waals surface area (Å²) in [4.78, 5) is 12.9. The number of amides is 2. The van der Waals surface area contributed by atoms with Crippen molar-refractivity contribution in [2.45, 2.75) is 25.6 Å². The number of carbonyl (C=O) groups is 1. The first kappa shape index (κ1) is 17.2. The maximum Gasteiger partial charge on any atom is 0.418 e. The van der Waals surface area contributed by atoms with E-state index in [1.54, 1.807) is 0 Å². The van der Waals surface area contributed by atoms with Gasteiger partial charge in [0.15, 0.2) is 0 Å². The molecule has 1 aromatic rings. The topological polar surface area (TPSA) is 52.6 Å². The molecule has 118 valence electrons. The van der Waals surface area contributed by atoms with E-state index in [2.05, 4.69) is 5.32 Å². The minimum Gasteiger partial charge on any atom is -0.393 e. The predicted octanol–water partition coefficient (Wildman–Crippen LogP) is 3.08. The Morgan fingerprint density at radius 3 is 2.57 bits per heavy atom. The van der Waals surface area contributed by atoms with Crippen LogP contribution in [0.25, 0.3) is 0 Å². The Balaban J connectivity index is 2.85. The average molecular weight is 308 g/mol. The van der Waals surface area contributed by atoms with E-state index in [-0.39, 0.29) is 6.54 Å². The van der Waals surface area contributed by atoms with E-state index in [1.807, 2.05) is 0 Å². The fraction of sp³-hybridized carbons (Fsp3) is 0.462. The maximum atomic E-state index is 12.9. The van der Waals surface area contributed by atoms with Gasteiger partial charge in [0, 0.05) is 13.6 Å². The van der Waals surface area contributed by atoms with E-state index < -0.39 is 35.4 Å². The molecule has 0 radical (unpaired) electrons. The summed E-state index contributed by atoms with van der Waals surface area (Å²) in [6.45, 7) is 1.71. The number of alkyl halides is 3. The molecular weight excluding hydrogens is 292 g/mol. The molecule has 0 saturated heterocycles. The van der Waals surface area contributed by atoms with E-state index >= 15 is 0 Å². The number of anilines is 1. The van der Waals surface area contributed by atoms with Crippen molar-refractivity contribution in [2.75, 3.05) is 18.9 Å². The molecule has 2 amide bonds. The molecule has 8 heteroatoms. The average Bonchev–Trinajstić information content (AvgIpc) is 2.36. The number of hydrogen-bond acceptors (Lipinski definition) is 2. The fourth-order valence-corrected chi connectivity index (χ4v) is 1.55. The van der Waals surface area contributed by atoms with Crippen LogP contribution in [-0.2, 0) is 6.18 Å². The summed E-state index contributed by atoms with van der Waals surface area (Å²) in [7, 11) is 1.38. The Hall–Kier alpha value is -1.83. The summed E-state index contributed by atoms with van der Waals surface area (Å²) in [6, 6.07) is 1.25. The third kappa shape index (κ3) is 5.22. The number of hydrogen-bond donors (Lipinski definition) is 2. The molecule has 1 unspecified atom stereocenters. The number of rotatable bonds is 4. The van der Waals surface area contributed by atoms with Crippen molar-refractivity contribution in [2.24, 2.45) is 0 Å². The molecule has 0 bridgehead atoms. The maximum absolute atomic E-state index is 12.9. The zero-order valence-electron chi connectivity index (χ0n) is 11.5. The van der Waals surface area contributed by atoms with Crippen molar-refractivity contribution in [1.82, 2.24) is 4.90 Å². The zero-order chi connectivity index (χ0) is 16.2. The van der Waals surface area contributed by atoms with Gasteiger partial charge in [0.2, 0.25) is 0 Å². The molecule has 0 aliphatic carbocycles. The van der Waals surface area contributed by atoms with Crippen molar-refractivity contribution < 1.29 is 27.5 Å². The first-order chi connectivity index (χ1) is 9.61. The van der Waals surface area contributed by atoms with Gasteiger partial charge in [0.25, 0.3) is 0 Å². The molecule has 0 spiro atoms. The fourth-order valence-electron chi connectivity index (χ4n) is 1.55. The summed E-state index contributed by atoms with van der Waals surface area (Å²) in [5, 5.41) is 11.2. The van der Waals surface area contributed by atoms with Gasteiger partial charge in [-0.1, -0.05) is 0 Å². The quantitative estimate of drug-likeness (QED) is 0.840. The zero-order valence-corrected chi connectivity index (χ0v) is 11.5. The Kier molecular flexibility index (Phi) is 5.54. The van der Waals surface area contributed by atoms with Gasteiger partial charge in [-0.2, -0.15) is 13.2 Å². The van der Waals surface area contributed by atoms with Gasteiger partial charge in [0.05, 0.1) is 17.4 Å². The molecule has 2 N–H and O–H groups in total. The number of nitrogens with one attached hydrogen (secondary N) is 1. The van der Waals surface area contributed by atoms with Gasteiger partial charge in [-0.05, 0) is 31.5 Å². The standard InChI is InChI=1S/C13H16F4N2O2/c1-8(20)5-6-19(2)12(21)18-11-4-3-9(14)7-10(11)13(15,16)17/h3-4,7-8,20H,5-6H2,1-2H3,(H,18,21). The third-order valence-corrected chi connectivity index (χ3v) is 2.76. The third-order valence-electron chi connectivity index (χ3n) is 2.76. The lowest BCUT2D eigenvalue weighted by Crippen LogP contribution is -2.34. The minimum atomic E-state index is -4.77. The molecule has 0 heterocycles. The summed E-state index contributed by atoms with van der Waals surface area (Å²) >= 11 is 0. The molecular formula is C13H16F4N2O2. The first-order valence-corrected chi connectivity index (χ1v) is 6.18. The minimum absolute atomic E-state index is 0.173. The van der Waals surface area contributed by atoms with Crippen LogP contribution in [0.15, 0.2) is 18.2 Å². The Labute approximate surface area is 119 Å². The monoisotopic (exact) mass is 308 g/mol. The largest absolute Gasteiger partial charge is 0.418 e. The summed E-state index contributed by atoms with van der Waals surface area (Å²) in [6.07, 6.45) is -5.11. The van der Waals surface area contributed by atoms with Crippen LogP contribution in [0.3, 0.4) is 0 Å². The number of carbonyl (C=O) groups excluding carboxylic acids is 1. The summed E-state index contributed by atoms with van der Waals surface area (Å²) < 4.78 is 51.2. The highest BCUT2D eigenvalue weighted by atomic mass is 19.4. The number of aliphatic hydroxyl groups is 1. The molecule has 1 rings (SSSR count). The van der Waals surface area contributed by atoms with Crippen LogP contribution in [0.1, 0.15) is 18.9 Å². The molecule has 0 aliphatic heterocycles. The van der Waals surface area contributed by atoms with Crippen LogP contribution in [0.5, 0.6) is 0 Å². The van der Waals surface area contributed by atoms with Crippen molar-refractivity contribution in [3.8, 4) is 0 Å². The van der Waals surface area contributed by atoms with Crippen molar-refractivity contribution in [3.05, 3.63) is 29.6 Å². The van der Waals surface area contributed by atoms with Crippen LogP contribution >= 0.6 is 0 Å². The van der Waals surface area contributed by atoms with Crippen LogP contribution in [0.4, 0.5) is 28.0 Å². The van der Waals surface area contributed by atoms with Gasteiger partial charge in [-0.3, -0.25) is 0 Å². The molecule has 1 atom stereocenters. The van der Waals surface area contributed by atoms with E-state index in [4.69, 9.17) is 5.11 Å². The number of halogens is 4. The van der Waals surface area contributed by atoms with Gasteiger partial charge in [0.1, 0.15) is 5.82 Å². The molecule has 21 heavy (non-hydrogen) atoms. The summed E-state index contributed by atoms with van der Waals surface area (Å²) in [5.74, 6) is -1.04. The SMILES string of the molecule is CC(O)CCN(C)C(=O)Nc1ccc(F)cc1C(F)(F)F. The van der Waals surface area contributed by atoms with Crippen molar-refractivity contribution in [3.63, 3.8) is 0 Å². The van der Waals surface area contributed by atoms with Crippen LogP contribution < -0.4 is 5.32 Å². The second kappa shape index (κ2) is 6.75. The number of benzene rings is 1. The van der Waals surface area contributed by atoms with Gasteiger partial charge in [-0.15, -0.1) is 0 Å². The lowest BCUT2D eigenvalue weighted by atomic mass is 10.1. The van der Waals surface area contributed by atoms with E-state index in [0.29, 0.717) is 12.5 Å². The number of nitrogens with zero attached hydrogens (tertiary/aromatic N) is 1. The van der Waals surface area contributed by atoms with E-state index in [9.17, 15) is 22.4 Å². The smallest absolute Gasteiger partial charge is 0.393 e. The molecule has 1 aromatic carbocycles. The van der Waals surface area contributed by atoms with Gasteiger partial charge >= 0.3 is 12.2 Å². The van der Waals surface area contributed by atoms with Gasteiger partial charge < -0.3 is 15.3 Å². The second-order valence-corrected chi connectivity index (χ2v) is 4.68. The van der Waals surface area contributed by atoms with E-state index in [1.165, 1.54) is 14.0 Å². The summed E-state index contributed by atoms with van der Waals surface area (Å²) in [5.41, 5.74) is -1.77. The van der Waals surface area contributed by atoms with Crippen molar-refractivity contribution in [1.29, 1.82) is 0 Å². The Morgan fingerprint density at radius 2 is 2.05 bits per heavy atom. The molecule has 4 nitrogen and oxygen atoms in total. The lowest BCUT2D eigenvalue weighted by molar-refractivity contribution is -0.137. The normalized spacial score (nSPS) is 12.9. The van der Waals surface area contributed by atoms with Gasteiger partial charge in [-0.25, -0.2) is 9.18 Å². The number of aliphatic hydroxyl groups excluding tert-OH is 1. The van der Waals surface area contributed by atoms with Crippen LogP contribution in [0.2, 0.25) is 0 Å². The van der Waals surface area contributed by atoms with Crippen molar-refractivity contribution >= 4 is 11.7 Å². The molecule has 0 saturated carbocycles. The lowest BCUT2D eigenvalue weighted by Gasteiger charge is -2.20. The van der Waals surface area contributed by atoms with Crippen LogP contribution in [0, 0.1) is 5.82 Å². The second-order valence-electron chi connectivity index (χ2n) is 4.68. The molecule has 0 fully saturated rings. The number of urea groups is 1. The highest BCUT2D eigenvalue weighted by molar-refractivity contribution is 5.90. The highest BCUT2D eigenvalue weighted by Gasteiger charge is 2.34. The predicted molar refractivity (Wildman–Crippen MR) is 69.3 cm³/mol. The molecule has 0 aromatic heterocycles. The highest BCUT2D eigenvalue weighted by Crippen LogP contribution is 2.35. The molecule has 0 aliphatic rings. The first-order valence-electron chi connectivity index (χ1n) is 6.18. The Bertz CT molecular complexity index is 503. The van der Waals surface area contributed by atoms with E-state index in [0.717, 1.165) is 17.0 Å².